The maximum absolute atomic E-state index is 12.8. The van der Waals surface area contributed by atoms with Crippen molar-refractivity contribution >= 4 is 23.8 Å². The first-order valence-electron chi connectivity index (χ1n) is 12.9. The number of aromatic nitrogens is 4. The summed E-state index contributed by atoms with van der Waals surface area (Å²) in [5.41, 5.74) is 4.15. The molecule has 3 heterocycles. The Labute approximate surface area is 223 Å². The third-order valence-electron chi connectivity index (χ3n) is 6.31. The Morgan fingerprint density at radius 1 is 1.16 bits per heavy atom. The van der Waals surface area contributed by atoms with E-state index in [1.807, 2.05) is 30.3 Å². The van der Waals surface area contributed by atoms with Crippen LogP contribution in [0.2, 0.25) is 0 Å². The molecule has 0 aliphatic carbocycles. The Kier molecular flexibility index (Phi) is 9.04. The molecule has 1 saturated heterocycles. The molecule has 4 rings (SSSR count). The molecule has 0 saturated carbocycles. The molecule has 1 fully saturated rings. The fourth-order valence-electron chi connectivity index (χ4n) is 4.51. The SMILES string of the molecule is CCCN(CCC)CC(=O)N1CC(Oc2cc(-c3c(C)cccc3C)nc(NSc3cnn(C)c3)n2)C1. The predicted molar refractivity (Wildman–Crippen MR) is 148 cm³/mol. The van der Waals surface area contributed by atoms with Crippen LogP contribution in [0.15, 0.2) is 41.6 Å². The van der Waals surface area contributed by atoms with Gasteiger partial charge in [0.2, 0.25) is 17.7 Å². The van der Waals surface area contributed by atoms with Crippen LogP contribution < -0.4 is 9.46 Å². The van der Waals surface area contributed by atoms with Crippen molar-refractivity contribution in [2.24, 2.45) is 7.05 Å². The molecular formula is C27H37N7O2S. The van der Waals surface area contributed by atoms with Crippen LogP contribution in [0.5, 0.6) is 5.88 Å². The molecule has 0 bridgehead atoms. The van der Waals surface area contributed by atoms with Crippen LogP contribution in [-0.4, -0.2) is 74.3 Å². The molecule has 1 amide bonds. The highest BCUT2D eigenvalue weighted by Gasteiger charge is 2.33. The number of anilines is 1. The Hall–Kier alpha value is -3.11. The van der Waals surface area contributed by atoms with Gasteiger partial charge in [0.1, 0.15) is 6.10 Å². The van der Waals surface area contributed by atoms with E-state index >= 15 is 0 Å². The maximum atomic E-state index is 12.8. The van der Waals surface area contributed by atoms with Crippen molar-refractivity contribution in [2.75, 3.05) is 37.4 Å². The van der Waals surface area contributed by atoms with Gasteiger partial charge in [-0.15, -0.1) is 0 Å². The van der Waals surface area contributed by atoms with Crippen LogP contribution >= 0.6 is 11.9 Å². The highest BCUT2D eigenvalue weighted by Crippen LogP contribution is 2.30. The van der Waals surface area contributed by atoms with E-state index in [-0.39, 0.29) is 12.0 Å². The van der Waals surface area contributed by atoms with Crippen molar-refractivity contribution < 1.29 is 9.53 Å². The third-order valence-corrected chi connectivity index (χ3v) is 7.04. The Bertz CT molecular complexity index is 1180. The molecule has 1 aromatic carbocycles. The van der Waals surface area contributed by atoms with Crippen molar-refractivity contribution in [3.8, 4) is 17.1 Å². The first-order valence-corrected chi connectivity index (χ1v) is 13.7. The number of likely N-dealkylation sites (tertiary alicyclic amines) is 1. The number of hydrogen-bond donors (Lipinski definition) is 1. The topological polar surface area (TPSA) is 88.4 Å². The Morgan fingerprint density at radius 3 is 2.49 bits per heavy atom. The number of aryl methyl sites for hydroxylation is 3. The zero-order valence-electron chi connectivity index (χ0n) is 22.4. The van der Waals surface area contributed by atoms with Crippen LogP contribution in [0.3, 0.4) is 0 Å². The fraction of sp³-hybridized carbons (Fsp3) is 0.481. The van der Waals surface area contributed by atoms with Gasteiger partial charge in [-0.1, -0.05) is 32.0 Å². The molecule has 198 valence electrons. The molecule has 1 aliphatic rings. The second-order valence-electron chi connectivity index (χ2n) is 9.55. The molecule has 1 N–H and O–H groups in total. The Balaban J connectivity index is 1.46. The average molecular weight is 524 g/mol. The molecule has 9 nitrogen and oxygen atoms in total. The lowest BCUT2D eigenvalue weighted by Gasteiger charge is -2.39. The standard InChI is InChI=1S/C27H37N7O2S/c1-6-11-33(12-7-2)18-25(35)34-15-21(16-34)36-24-13-23(26-19(3)9-8-10-20(26)4)29-27(30-24)31-37-22-14-28-32(5)17-22/h8-10,13-14,17,21H,6-7,11-12,15-16,18H2,1-5H3,(H,29,30,31). The van der Waals surface area contributed by atoms with Crippen molar-refractivity contribution in [1.29, 1.82) is 0 Å². The zero-order chi connectivity index (χ0) is 26.4. The van der Waals surface area contributed by atoms with Gasteiger partial charge in [-0.05, 0) is 62.9 Å². The quantitative estimate of drug-likeness (QED) is 0.351. The van der Waals surface area contributed by atoms with E-state index in [2.05, 4.69) is 59.5 Å². The van der Waals surface area contributed by atoms with Crippen LogP contribution in [0, 0.1) is 13.8 Å². The molecule has 1 aliphatic heterocycles. The summed E-state index contributed by atoms with van der Waals surface area (Å²) >= 11 is 1.40. The second-order valence-corrected chi connectivity index (χ2v) is 10.4. The smallest absolute Gasteiger partial charge is 0.237 e. The molecule has 2 aromatic heterocycles. The second kappa shape index (κ2) is 12.4. The lowest BCUT2D eigenvalue weighted by Crippen LogP contribution is -2.58. The minimum Gasteiger partial charge on any atom is -0.470 e. The van der Waals surface area contributed by atoms with Gasteiger partial charge in [-0.2, -0.15) is 10.1 Å². The molecule has 0 unspecified atom stereocenters. The third kappa shape index (κ3) is 7.01. The number of carbonyl (C=O) groups is 1. The summed E-state index contributed by atoms with van der Waals surface area (Å²) in [6, 6.07) is 8.10. The van der Waals surface area contributed by atoms with E-state index in [1.54, 1.807) is 10.9 Å². The van der Waals surface area contributed by atoms with E-state index in [1.165, 1.54) is 11.9 Å². The van der Waals surface area contributed by atoms with Gasteiger partial charge >= 0.3 is 0 Å². The minimum absolute atomic E-state index is 0.0886. The van der Waals surface area contributed by atoms with Crippen LogP contribution in [0.25, 0.3) is 11.3 Å². The molecule has 37 heavy (non-hydrogen) atoms. The number of benzene rings is 1. The van der Waals surface area contributed by atoms with Crippen molar-refractivity contribution in [1.82, 2.24) is 29.5 Å². The molecule has 0 atom stereocenters. The molecule has 0 spiro atoms. The van der Waals surface area contributed by atoms with E-state index in [4.69, 9.17) is 9.72 Å². The van der Waals surface area contributed by atoms with Gasteiger partial charge in [0, 0.05) is 24.9 Å². The summed E-state index contributed by atoms with van der Waals surface area (Å²) < 4.78 is 11.2. The lowest BCUT2D eigenvalue weighted by molar-refractivity contribution is -0.141. The van der Waals surface area contributed by atoms with E-state index in [0.29, 0.717) is 31.5 Å². The van der Waals surface area contributed by atoms with Gasteiger partial charge in [0.25, 0.3) is 0 Å². The summed E-state index contributed by atoms with van der Waals surface area (Å²) in [5.74, 6) is 1.12. The van der Waals surface area contributed by atoms with Gasteiger partial charge in [-0.25, -0.2) is 4.98 Å². The number of nitrogens with one attached hydrogen (secondary N) is 1. The van der Waals surface area contributed by atoms with Crippen molar-refractivity contribution in [3.05, 3.63) is 47.8 Å². The predicted octanol–water partition coefficient (Wildman–Crippen LogP) is 4.32. The van der Waals surface area contributed by atoms with E-state index < -0.39 is 0 Å². The van der Waals surface area contributed by atoms with Gasteiger partial charge < -0.3 is 9.64 Å². The average Bonchev–Trinajstić information content (AvgIpc) is 3.25. The number of hydrogen-bond acceptors (Lipinski definition) is 8. The normalized spacial score (nSPS) is 13.6. The lowest BCUT2D eigenvalue weighted by atomic mass is 10.00. The van der Waals surface area contributed by atoms with E-state index in [9.17, 15) is 4.79 Å². The summed E-state index contributed by atoms with van der Waals surface area (Å²) in [4.78, 5) is 27.2. The van der Waals surface area contributed by atoms with Crippen molar-refractivity contribution in [2.45, 2.75) is 51.5 Å². The minimum atomic E-state index is -0.0886. The summed E-state index contributed by atoms with van der Waals surface area (Å²) in [7, 11) is 1.88. The van der Waals surface area contributed by atoms with Crippen LogP contribution in [0.4, 0.5) is 5.95 Å². The highest BCUT2D eigenvalue weighted by atomic mass is 32.2. The number of amides is 1. The molecular weight excluding hydrogens is 486 g/mol. The summed E-state index contributed by atoms with van der Waals surface area (Å²) in [6.45, 7) is 12.0. The molecule has 0 radical (unpaired) electrons. The monoisotopic (exact) mass is 523 g/mol. The molecule has 10 heteroatoms. The number of ether oxygens (including phenoxy) is 1. The Morgan fingerprint density at radius 2 is 1.86 bits per heavy atom. The van der Waals surface area contributed by atoms with E-state index in [0.717, 1.165) is 53.2 Å². The summed E-state index contributed by atoms with van der Waals surface area (Å²) in [6.07, 6.45) is 5.71. The first kappa shape index (κ1) is 26.9. The number of rotatable bonds is 12. The van der Waals surface area contributed by atoms with Gasteiger partial charge in [-0.3, -0.25) is 19.1 Å². The number of carbonyl (C=O) groups excluding carboxylic acids is 1. The van der Waals surface area contributed by atoms with Crippen LogP contribution in [-0.2, 0) is 11.8 Å². The van der Waals surface area contributed by atoms with Crippen LogP contribution in [0.1, 0.15) is 37.8 Å². The molecule has 3 aromatic rings. The highest BCUT2D eigenvalue weighted by molar-refractivity contribution is 8.00. The largest absolute Gasteiger partial charge is 0.470 e. The van der Waals surface area contributed by atoms with Gasteiger partial charge in [0.15, 0.2) is 0 Å². The fourth-order valence-corrected chi connectivity index (χ4v) is 5.12. The zero-order valence-corrected chi connectivity index (χ0v) is 23.2. The van der Waals surface area contributed by atoms with Gasteiger partial charge in [0.05, 0.1) is 36.4 Å². The first-order chi connectivity index (χ1) is 17.9. The summed E-state index contributed by atoms with van der Waals surface area (Å²) in [5, 5.41) is 4.21. The van der Waals surface area contributed by atoms with Crippen molar-refractivity contribution in [3.63, 3.8) is 0 Å². The number of nitrogens with zero attached hydrogens (tertiary/aromatic N) is 6. The maximum Gasteiger partial charge on any atom is 0.237 e.